The lowest BCUT2D eigenvalue weighted by Gasteiger charge is -2.10. The van der Waals surface area contributed by atoms with E-state index in [0.717, 1.165) is 11.1 Å². The Hall–Kier alpha value is -1.77. The zero-order chi connectivity index (χ0) is 15.3. The molecule has 0 saturated carbocycles. The monoisotopic (exact) mass is 309 g/mol. The van der Waals surface area contributed by atoms with Gasteiger partial charge in [-0.05, 0) is 37.2 Å². The van der Waals surface area contributed by atoms with Gasteiger partial charge in [-0.3, -0.25) is 4.68 Å². The molecular weight excluding hydrogens is 290 g/mol. The minimum absolute atomic E-state index is 0.265. The fourth-order valence-corrected chi connectivity index (χ4v) is 3.00. The van der Waals surface area contributed by atoms with Gasteiger partial charge in [0.1, 0.15) is 0 Å². The van der Waals surface area contributed by atoms with E-state index < -0.39 is 10.0 Å². The van der Waals surface area contributed by atoms with Gasteiger partial charge >= 0.3 is 0 Å². The van der Waals surface area contributed by atoms with Crippen LogP contribution in [0.1, 0.15) is 11.1 Å². The van der Waals surface area contributed by atoms with E-state index in [1.165, 1.54) is 0 Å². The zero-order valence-electron chi connectivity index (χ0n) is 12.1. The first-order chi connectivity index (χ1) is 10.0. The zero-order valence-corrected chi connectivity index (χ0v) is 12.9. The number of hydrogen-bond acceptors (Lipinski definition) is 5. The maximum Gasteiger partial charge on any atom is 0.240 e. The molecule has 7 nitrogen and oxygen atoms in total. The Labute approximate surface area is 124 Å². The molecule has 2 N–H and O–H groups in total. The van der Waals surface area contributed by atoms with Crippen molar-refractivity contribution in [3.8, 4) is 0 Å². The Morgan fingerprint density at radius 3 is 2.81 bits per heavy atom. The Kier molecular flexibility index (Phi) is 5.05. The van der Waals surface area contributed by atoms with Crippen LogP contribution >= 0.6 is 0 Å². The van der Waals surface area contributed by atoms with Crippen LogP contribution in [0.5, 0.6) is 0 Å². The van der Waals surface area contributed by atoms with Gasteiger partial charge in [-0.2, -0.15) is 0 Å². The molecule has 0 spiro atoms. The lowest BCUT2D eigenvalue weighted by molar-refractivity contribution is 0.552. The average molecular weight is 309 g/mol. The first-order valence-electron chi connectivity index (χ1n) is 6.61. The molecule has 0 radical (unpaired) electrons. The second kappa shape index (κ2) is 6.79. The second-order valence-electron chi connectivity index (χ2n) is 4.68. The van der Waals surface area contributed by atoms with Crippen LogP contribution in [0.4, 0.5) is 0 Å². The molecule has 0 bridgehead atoms. The van der Waals surface area contributed by atoms with Crippen LogP contribution in [-0.4, -0.2) is 37.0 Å². The van der Waals surface area contributed by atoms with Gasteiger partial charge in [0.25, 0.3) is 0 Å². The van der Waals surface area contributed by atoms with E-state index in [2.05, 4.69) is 20.4 Å². The van der Waals surface area contributed by atoms with Crippen LogP contribution < -0.4 is 10.0 Å². The van der Waals surface area contributed by atoms with Crippen LogP contribution in [0.25, 0.3) is 0 Å². The molecule has 0 aliphatic heterocycles. The predicted octanol–water partition coefficient (Wildman–Crippen LogP) is 0.284. The largest absolute Gasteiger partial charge is 0.316 e. The van der Waals surface area contributed by atoms with Crippen molar-refractivity contribution >= 4 is 10.0 Å². The van der Waals surface area contributed by atoms with E-state index in [1.54, 1.807) is 29.2 Å². The van der Waals surface area contributed by atoms with Crippen molar-refractivity contribution in [1.29, 1.82) is 0 Å². The summed E-state index contributed by atoms with van der Waals surface area (Å²) < 4.78 is 28.6. The van der Waals surface area contributed by atoms with E-state index in [9.17, 15) is 8.42 Å². The van der Waals surface area contributed by atoms with Gasteiger partial charge in [-0.25, -0.2) is 13.1 Å². The van der Waals surface area contributed by atoms with Gasteiger partial charge in [0, 0.05) is 19.3 Å². The van der Waals surface area contributed by atoms with Gasteiger partial charge in [0.05, 0.1) is 17.6 Å². The SMILES string of the molecule is CNCc1cc(S(=O)(=O)NCCn2ccnn2)ccc1C. The van der Waals surface area contributed by atoms with Crippen molar-refractivity contribution in [3.63, 3.8) is 0 Å². The lowest BCUT2D eigenvalue weighted by atomic mass is 10.1. The minimum atomic E-state index is -3.51. The maximum absolute atomic E-state index is 12.3. The van der Waals surface area contributed by atoms with Crippen LogP contribution in [0, 0.1) is 6.92 Å². The highest BCUT2D eigenvalue weighted by Gasteiger charge is 2.14. The lowest BCUT2D eigenvalue weighted by Crippen LogP contribution is -2.27. The van der Waals surface area contributed by atoms with Crippen molar-refractivity contribution < 1.29 is 8.42 Å². The first-order valence-corrected chi connectivity index (χ1v) is 8.09. The molecule has 0 aliphatic carbocycles. The Morgan fingerprint density at radius 2 is 2.14 bits per heavy atom. The van der Waals surface area contributed by atoms with Gasteiger partial charge < -0.3 is 5.32 Å². The van der Waals surface area contributed by atoms with Crippen LogP contribution in [-0.2, 0) is 23.1 Å². The maximum atomic E-state index is 12.3. The molecule has 114 valence electrons. The summed E-state index contributed by atoms with van der Waals surface area (Å²) in [5.41, 5.74) is 2.03. The van der Waals surface area contributed by atoms with Crippen molar-refractivity contribution in [2.45, 2.75) is 24.9 Å². The minimum Gasteiger partial charge on any atom is -0.316 e. The van der Waals surface area contributed by atoms with E-state index >= 15 is 0 Å². The molecule has 2 aromatic rings. The van der Waals surface area contributed by atoms with Gasteiger partial charge in [0.15, 0.2) is 0 Å². The topological polar surface area (TPSA) is 88.9 Å². The smallest absolute Gasteiger partial charge is 0.240 e. The molecule has 1 heterocycles. The van der Waals surface area contributed by atoms with Crippen molar-refractivity contribution in [1.82, 2.24) is 25.0 Å². The molecule has 2 rings (SSSR count). The fourth-order valence-electron chi connectivity index (χ4n) is 1.93. The van der Waals surface area contributed by atoms with E-state index in [0.29, 0.717) is 13.1 Å². The van der Waals surface area contributed by atoms with Crippen LogP contribution in [0.3, 0.4) is 0 Å². The Bertz CT molecular complexity index is 683. The summed E-state index contributed by atoms with van der Waals surface area (Å²) >= 11 is 0. The van der Waals surface area contributed by atoms with Gasteiger partial charge in [-0.1, -0.05) is 11.3 Å². The molecule has 8 heteroatoms. The van der Waals surface area contributed by atoms with Gasteiger partial charge in [0.2, 0.25) is 10.0 Å². The molecule has 0 aliphatic rings. The number of nitrogens with zero attached hydrogens (tertiary/aromatic N) is 3. The summed E-state index contributed by atoms with van der Waals surface area (Å²) in [5, 5.41) is 10.5. The summed E-state index contributed by atoms with van der Waals surface area (Å²) in [7, 11) is -1.68. The first kappa shape index (κ1) is 15.6. The number of aromatic nitrogens is 3. The Morgan fingerprint density at radius 1 is 1.33 bits per heavy atom. The third-order valence-corrected chi connectivity index (χ3v) is 4.56. The molecule has 0 amide bonds. The van der Waals surface area contributed by atoms with Crippen molar-refractivity contribution in [3.05, 3.63) is 41.7 Å². The molecule has 0 unspecified atom stereocenters. The highest BCUT2D eigenvalue weighted by molar-refractivity contribution is 7.89. The van der Waals surface area contributed by atoms with Crippen LogP contribution in [0.15, 0.2) is 35.5 Å². The highest BCUT2D eigenvalue weighted by atomic mass is 32.2. The van der Waals surface area contributed by atoms with E-state index in [-0.39, 0.29) is 11.4 Å². The number of nitrogens with one attached hydrogen (secondary N) is 2. The van der Waals surface area contributed by atoms with E-state index in [1.807, 2.05) is 20.0 Å². The number of aryl methyl sites for hydroxylation is 1. The summed E-state index contributed by atoms with van der Waals surface area (Å²) in [4.78, 5) is 0.275. The standard InChI is InChI=1S/C13H19N5O2S/c1-11-3-4-13(9-12(11)10-14-2)21(19,20)16-6-8-18-7-5-15-17-18/h3-5,7,9,14,16H,6,8,10H2,1-2H3. The summed E-state index contributed by atoms with van der Waals surface area (Å²) in [6.45, 7) is 3.30. The summed E-state index contributed by atoms with van der Waals surface area (Å²) in [6.07, 6.45) is 3.24. The van der Waals surface area contributed by atoms with Gasteiger partial charge in [-0.15, -0.1) is 5.10 Å². The second-order valence-corrected chi connectivity index (χ2v) is 6.45. The summed E-state index contributed by atoms with van der Waals surface area (Å²) in [6, 6.07) is 5.13. The normalized spacial score (nSPS) is 11.7. The van der Waals surface area contributed by atoms with E-state index in [4.69, 9.17) is 0 Å². The molecular formula is C13H19N5O2S. The molecule has 21 heavy (non-hydrogen) atoms. The number of hydrogen-bond donors (Lipinski definition) is 2. The third kappa shape index (κ3) is 4.10. The number of sulfonamides is 1. The molecule has 1 aromatic heterocycles. The van der Waals surface area contributed by atoms with Crippen LogP contribution in [0.2, 0.25) is 0 Å². The quantitative estimate of drug-likeness (QED) is 0.767. The predicted molar refractivity (Wildman–Crippen MR) is 79.2 cm³/mol. The molecule has 0 atom stereocenters. The molecule has 0 fully saturated rings. The number of rotatable bonds is 7. The molecule has 1 aromatic carbocycles. The third-order valence-electron chi connectivity index (χ3n) is 3.10. The average Bonchev–Trinajstić information content (AvgIpc) is 2.94. The van der Waals surface area contributed by atoms with Crippen molar-refractivity contribution in [2.75, 3.05) is 13.6 Å². The summed E-state index contributed by atoms with van der Waals surface area (Å²) in [5.74, 6) is 0. The highest BCUT2D eigenvalue weighted by Crippen LogP contribution is 2.15. The molecule has 0 saturated heterocycles. The van der Waals surface area contributed by atoms with Crippen molar-refractivity contribution in [2.24, 2.45) is 0 Å². The number of benzene rings is 1. The Balaban J connectivity index is 2.06. The fraction of sp³-hybridized carbons (Fsp3) is 0.385.